The maximum Gasteiger partial charge on any atom is 0.289 e. The van der Waals surface area contributed by atoms with Crippen molar-refractivity contribution in [2.75, 3.05) is 6.61 Å². The second-order valence-corrected chi connectivity index (χ2v) is 9.42. The lowest BCUT2D eigenvalue weighted by Gasteiger charge is -2.53. The topological polar surface area (TPSA) is 64.4 Å². The fourth-order valence-corrected chi connectivity index (χ4v) is 6.48. The molecular weight excluding hydrogens is 352 g/mol. The number of aromatic nitrogens is 1. The van der Waals surface area contributed by atoms with Gasteiger partial charge in [-0.25, -0.2) is 4.98 Å². The van der Waals surface area contributed by atoms with Gasteiger partial charge >= 0.3 is 0 Å². The zero-order chi connectivity index (χ0) is 19.5. The van der Waals surface area contributed by atoms with Crippen LogP contribution in [0.2, 0.25) is 0 Å². The number of rotatable bonds is 3. The maximum atomic E-state index is 13.0. The molecule has 2 aliphatic carbocycles. The van der Waals surface area contributed by atoms with Crippen LogP contribution >= 0.6 is 0 Å². The molecule has 1 aromatic carbocycles. The van der Waals surface area contributed by atoms with Crippen LogP contribution in [-0.4, -0.2) is 23.5 Å². The summed E-state index contributed by atoms with van der Waals surface area (Å²) < 4.78 is 11.7. The summed E-state index contributed by atoms with van der Waals surface area (Å²) in [7, 11) is 0. The van der Waals surface area contributed by atoms with Crippen molar-refractivity contribution in [2.45, 2.75) is 52.2 Å². The summed E-state index contributed by atoms with van der Waals surface area (Å²) in [5.41, 5.74) is 2.03. The predicted octanol–water partition coefficient (Wildman–Crippen LogP) is 4.30. The van der Waals surface area contributed by atoms with Crippen molar-refractivity contribution in [3.8, 4) is 0 Å². The molecule has 1 spiro atoms. The number of fused-ring (bicyclic) bond motifs is 1. The van der Waals surface area contributed by atoms with Crippen LogP contribution in [0.3, 0.4) is 0 Å². The first kappa shape index (κ1) is 17.9. The molecule has 1 saturated heterocycles. The third-order valence-corrected chi connectivity index (χ3v) is 7.86. The number of oxazole rings is 1. The summed E-state index contributed by atoms with van der Waals surface area (Å²) >= 11 is 0. The van der Waals surface area contributed by atoms with E-state index in [1.54, 1.807) is 0 Å². The Bertz CT molecular complexity index is 890. The van der Waals surface area contributed by atoms with E-state index in [0.717, 1.165) is 19.4 Å². The number of benzene rings is 1. The van der Waals surface area contributed by atoms with Gasteiger partial charge in [-0.3, -0.25) is 4.79 Å². The Balaban J connectivity index is 1.49. The average molecular weight is 380 g/mol. The molecule has 2 saturated carbocycles. The first-order chi connectivity index (χ1) is 13.4. The highest BCUT2D eigenvalue weighted by atomic mass is 16.5. The van der Waals surface area contributed by atoms with E-state index in [4.69, 9.17) is 9.15 Å². The van der Waals surface area contributed by atoms with Gasteiger partial charge in [-0.15, -0.1) is 0 Å². The number of aryl methyl sites for hydroxylation is 1. The summed E-state index contributed by atoms with van der Waals surface area (Å²) in [5.74, 6) is 1.21. The summed E-state index contributed by atoms with van der Waals surface area (Å²) in [6, 6.07) is 10.7. The van der Waals surface area contributed by atoms with Gasteiger partial charge in [0.25, 0.3) is 5.91 Å². The third kappa shape index (κ3) is 2.41. The normalized spacial score (nSPS) is 35.5. The van der Waals surface area contributed by atoms with Crippen LogP contribution in [0.15, 0.2) is 41.1 Å². The smallest absolute Gasteiger partial charge is 0.289 e. The molecule has 3 fully saturated rings. The molecule has 148 valence electrons. The number of nitrogens with one attached hydrogen (secondary N) is 1. The summed E-state index contributed by atoms with van der Waals surface area (Å²) in [6.45, 7) is 7.18. The van der Waals surface area contributed by atoms with E-state index in [1.165, 1.54) is 18.4 Å². The van der Waals surface area contributed by atoms with Crippen LogP contribution in [-0.2, 0) is 4.74 Å². The van der Waals surface area contributed by atoms with E-state index in [9.17, 15) is 4.79 Å². The lowest BCUT2D eigenvalue weighted by Crippen LogP contribution is -2.58. The van der Waals surface area contributed by atoms with Crippen molar-refractivity contribution in [3.63, 3.8) is 0 Å². The lowest BCUT2D eigenvalue weighted by molar-refractivity contribution is -0.120. The van der Waals surface area contributed by atoms with E-state index in [-0.39, 0.29) is 28.9 Å². The van der Waals surface area contributed by atoms with Crippen molar-refractivity contribution >= 4 is 5.91 Å². The predicted molar refractivity (Wildman–Crippen MR) is 105 cm³/mol. The molecule has 5 heteroatoms. The van der Waals surface area contributed by atoms with Crippen molar-refractivity contribution in [2.24, 2.45) is 22.7 Å². The first-order valence-electron chi connectivity index (χ1n) is 10.3. The standard InChI is InChI=1S/C23H28N2O3/c1-14-18(28-13-24-14)20(26)25-21-22(2,3)16-11-17-19(15-7-5-4-6-8-15)27-10-9-23(17,21)12-16/h4-8,13,16-17,19,21H,9-12H2,1-3H3,(H,25,26)/t16-,17-,19-,21+,23-/m1/s1. The fourth-order valence-electron chi connectivity index (χ4n) is 6.48. The van der Waals surface area contributed by atoms with Gasteiger partial charge in [-0.1, -0.05) is 44.2 Å². The monoisotopic (exact) mass is 380 g/mol. The number of carbonyl (C=O) groups is 1. The minimum Gasteiger partial charge on any atom is -0.438 e. The summed E-state index contributed by atoms with van der Waals surface area (Å²) in [6.07, 6.45) is 4.79. The summed E-state index contributed by atoms with van der Waals surface area (Å²) in [5, 5.41) is 3.38. The molecule has 3 aliphatic rings. The zero-order valence-electron chi connectivity index (χ0n) is 16.8. The zero-order valence-corrected chi connectivity index (χ0v) is 16.8. The number of hydrogen-bond acceptors (Lipinski definition) is 4. The van der Waals surface area contributed by atoms with Gasteiger partial charge in [0.1, 0.15) is 0 Å². The van der Waals surface area contributed by atoms with Crippen LogP contribution in [0.1, 0.15) is 61.0 Å². The molecule has 5 atom stereocenters. The minimum atomic E-state index is -0.142. The molecule has 1 aliphatic heterocycles. The number of nitrogens with zero attached hydrogens (tertiary/aromatic N) is 1. The first-order valence-corrected chi connectivity index (χ1v) is 10.3. The highest BCUT2D eigenvalue weighted by Gasteiger charge is 2.68. The number of amides is 1. The van der Waals surface area contributed by atoms with Crippen molar-refractivity contribution in [3.05, 3.63) is 53.7 Å². The van der Waals surface area contributed by atoms with Gasteiger partial charge in [0.05, 0.1) is 11.8 Å². The van der Waals surface area contributed by atoms with Crippen LogP contribution in [0, 0.1) is 29.6 Å². The van der Waals surface area contributed by atoms with Crippen LogP contribution in [0.25, 0.3) is 0 Å². The Kier molecular flexibility index (Phi) is 3.96. The molecule has 0 unspecified atom stereocenters. The van der Waals surface area contributed by atoms with E-state index < -0.39 is 0 Å². The fraction of sp³-hybridized carbons (Fsp3) is 0.565. The van der Waals surface area contributed by atoms with Gasteiger partial charge in [0.2, 0.25) is 5.76 Å². The van der Waals surface area contributed by atoms with Gasteiger partial charge in [-0.2, -0.15) is 0 Å². The van der Waals surface area contributed by atoms with Gasteiger partial charge < -0.3 is 14.5 Å². The Morgan fingerprint density at radius 2 is 2.04 bits per heavy atom. The second-order valence-electron chi connectivity index (χ2n) is 9.42. The van der Waals surface area contributed by atoms with E-state index in [1.807, 2.05) is 6.92 Å². The molecule has 2 aromatic rings. The molecule has 2 bridgehead atoms. The quantitative estimate of drug-likeness (QED) is 0.862. The number of carbonyl (C=O) groups excluding carboxylic acids is 1. The van der Waals surface area contributed by atoms with Gasteiger partial charge in [0, 0.05) is 12.6 Å². The van der Waals surface area contributed by atoms with E-state index in [0.29, 0.717) is 23.3 Å². The van der Waals surface area contributed by atoms with Crippen molar-refractivity contribution < 1.29 is 13.9 Å². The average Bonchev–Trinajstić information content (AvgIpc) is 3.34. The largest absolute Gasteiger partial charge is 0.438 e. The Morgan fingerprint density at radius 3 is 2.75 bits per heavy atom. The molecule has 1 N–H and O–H groups in total. The lowest BCUT2D eigenvalue weighted by atomic mass is 9.59. The third-order valence-electron chi connectivity index (χ3n) is 7.86. The SMILES string of the molecule is Cc1ncoc1C(=O)N[C@H]1C(C)(C)[C@@H]2C[C@@H]3[C@@H](c4ccccc4)OCC[C@@]31C2. The van der Waals surface area contributed by atoms with Crippen molar-refractivity contribution in [1.29, 1.82) is 0 Å². The Morgan fingerprint density at radius 1 is 1.25 bits per heavy atom. The van der Waals surface area contributed by atoms with Gasteiger partial charge in [0.15, 0.2) is 6.39 Å². The number of hydrogen-bond donors (Lipinski definition) is 1. The second kappa shape index (κ2) is 6.18. The molecule has 1 amide bonds. The maximum absolute atomic E-state index is 13.0. The summed E-state index contributed by atoms with van der Waals surface area (Å²) in [4.78, 5) is 17.1. The Labute approximate surface area is 165 Å². The molecule has 5 rings (SSSR count). The van der Waals surface area contributed by atoms with E-state index >= 15 is 0 Å². The number of ether oxygens (including phenoxy) is 1. The van der Waals surface area contributed by atoms with Gasteiger partial charge in [-0.05, 0) is 54.4 Å². The molecule has 5 nitrogen and oxygen atoms in total. The van der Waals surface area contributed by atoms with Crippen LogP contribution in [0.5, 0.6) is 0 Å². The van der Waals surface area contributed by atoms with Crippen LogP contribution < -0.4 is 5.32 Å². The molecule has 0 radical (unpaired) electrons. The molecule has 1 aromatic heterocycles. The molecule has 28 heavy (non-hydrogen) atoms. The van der Waals surface area contributed by atoms with Crippen LogP contribution in [0.4, 0.5) is 0 Å². The highest BCUT2D eigenvalue weighted by Crippen LogP contribution is 2.70. The molecule has 2 heterocycles. The van der Waals surface area contributed by atoms with Crippen molar-refractivity contribution in [1.82, 2.24) is 10.3 Å². The molecular formula is C23H28N2O3. The minimum absolute atomic E-state index is 0.0542. The van der Waals surface area contributed by atoms with E-state index in [2.05, 4.69) is 54.5 Å². The highest BCUT2D eigenvalue weighted by molar-refractivity contribution is 5.92. The Hall–Kier alpha value is -2.14.